The molecule has 2 aromatic rings. The second kappa shape index (κ2) is 7.93. The molecule has 0 spiro atoms. The summed E-state index contributed by atoms with van der Waals surface area (Å²) in [5.74, 6) is 0.0152. The molecule has 0 aliphatic carbocycles. The molecule has 0 aromatic heterocycles. The highest BCUT2D eigenvalue weighted by Crippen LogP contribution is 2.40. The van der Waals surface area contributed by atoms with Gasteiger partial charge in [-0.25, -0.2) is 14.8 Å². The van der Waals surface area contributed by atoms with Crippen molar-refractivity contribution >= 4 is 35.4 Å². The molecule has 0 radical (unpaired) electrons. The topological polar surface area (TPSA) is 80.3 Å². The van der Waals surface area contributed by atoms with Crippen molar-refractivity contribution in [2.45, 2.75) is 13.0 Å². The number of ether oxygens (including phenoxy) is 1. The van der Waals surface area contributed by atoms with Crippen LogP contribution in [0.25, 0.3) is 5.70 Å². The van der Waals surface area contributed by atoms with E-state index in [-0.39, 0.29) is 17.5 Å². The van der Waals surface area contributed by atoms with E-state index in [1.54, 1.807) is 18.2 Å². The molecule has 2 aromatic carbocycles. The van der Waals surface area contributed by atoms with Gasteiger partial charge in [0.2, 0.25) is 0 Å². The number of amidine groups is 1. The molecule has 29 heavy (non-hydrogen) atoms. The van der Waals surface area contributed by atoms with Crippen LogP contribution in [0.1, 0.15) is 24.1 Å². The second-order valence-electron chi connectivity index (χ2n) is 6.45. The van der Waals surface area contributed by atoms with Crippen LogP contribution in [0.15, 0.2) is 87.1 Å². The molecule has 0 fully saturated rings. The molecule has 0 saturated carbocycles. The van der Waals surface area contributed by atoms with Crippen LogP contribution in [0.3, 0.4) is 0 Å². The first kappa shape index (κ1) is 19.0. The van der Waals surface area contributed by atoms with Crippen LogP contribution in [-0.4, -0.2) is 29.7 Å². The van der Waals surface area contributed by atoms with Gasteiger partial charge in [0.25, 0.3) is 0 Å². The zero-order valence-corrected chi connectivity index (χ0v) is 16.5. The van der Waals surface area contributed by atoms with E-state index in [0.29, 0.717) is 17.1 Å². The fourth-order valence-electron chi connectivity index (χ4n) is 3.41. The molecule has 2 N–H and O–H groups in total. The van der Waals surface area contributed by atoms with E-state index in [0.717, 1.165) is 11.1 Å². The van der Waals surface area contributed by atoms with Crippen molar-refractivity contribution in [3.63, 3.8) is 0 Å². The number of esters is 1. The van der Waals surface area contributed by atoms with Gasteiger partial charge in [-0.1, -0.05) is 72.3 Å². The summed E-state index contributed by atoms with van der Waals surface area (Å²) in [6.45, 7) is 2.03. The molecule has 1 unspecified atom stereocenters. The van der Waals surface area contributed by atoms with Crippen molar-refractivity contribution in [1.82, 2.24) is 4.90 Å². The highest BCUT2D eigenvalue weighted by Gasteiger charge is 2.39. The molecule has 0 amide bonds. The third-order valence-corrected chi connectivity index (χ3v) is 4.99. The number of hydrogen-bond acceptors (Lipinski definition) is 6. The smallest absolute Gasteiger partial charge is 0.338 e. The first-order chi connectivity index (χ1) is 14.1. The van der Waals surface area contributed by atoms with Crippen molar-refractivity contribution in [3.8, 4) is 0 Å². The molecule has 2 heterocycles. The summed E-state index contributed by atoms with van der Waals surface area (Å²) >= 11 is 6.16. The van der Waals surface area contributed by atoms with Crippen LogP contribution in [-0.2, 0) is 9.53 Å². The zero-order chi connectivity index (χ0) is 20.4. The van der Waals surface area contributed by atoms with Gasteiger partial charge in [0.15, 0.2) is 11.0 Å². The number of rotatable bonds is 4. The van der Waals surface area contributed by atoms with Gasteiger partial charge in [-0.15, -0.1) is 0 Å². The van der Waals surface area contributed by atoms with Crippen molar-refractivity contribution in [3.05, 3.63) is 88.2 Å². The molecular weight excluding hydrogens is 388 g/mol. The number of nitrogens with zero attached hydrogens (tertiary/aromatic N) is 3. The molecular formula is C22H19ClN4O2. The lowest BCUT2D eigenvalue weighted by molar-refractivity contribution is -0.139. The fourth-order valence-corrected chi connectivity index (χ4v) is 3.53. The maximum Gasteiger partial charge on any atom is 0.338 e. The Morgan fingerprint density at radius 1 is 1.14 bits per heavy atom. The average Bonchev–Trinajstić information content (AvgIpc) is 2.76. The van der Waals surface area contributed by atoms with Gasteiger partial charge in [0.05, 0.1) is 30.3 Å². The summed E-state index contributed by atoms with van der Waals surface area (Å²) in [6.07, 6.45) is 1.55. The number of carbonyl (C=O) groups is 1. The highest BCUT2D eigenvalue weighted by atomic mass is 35.5. The Labute approximate surface area is 173 Å². The van der Waals surface area contributed by atoms with Crippen LogP contribution in [0.4, 0.5) is 0 Å². The van der Waals surface area contributed by atoms with Crippen LogP contribution in [0.2, 0.25) is 0 Å². The van der Waals surface area contributed by atoms with Crippen molar-refractivity contribution in [2.24, 2.45) is 15.7 Å². The molecule has 4 rings (SSSR count). The quantitative estimate of drug-likeness (QED) is 0.618. The van der Waals surface area contributed by atoms with Crippen molar-refractivity contribution in [2.75, 3.05) is 6.61 Å². The Kier molecular flexibility index (Phi) is 5.18. The van der Waals surface area contributed by atoms with Gasteiger partial charge in [-0.2, -0.15) is 0 Å². The zero-order valence-electron chi connectivity index (χ0n) is 15.7. The molecule has 6 nitrogen and oxygen atoms in total. The summed E-state index contributed by atoms with van der Waals surface area (Å²) in [5, 5.41) is 0.166. The number of hydrogen-bond donors (Lipinski definition) is 1. The summed E-state index contributed by atoms with van der Waals surface area (Å²) in [6, 6.07) is 18.6. The van der Waals surface area contributed by atoms with Crippen LogP contribution in [0.5, 0.6) is 0 Å². The predicted octanol–water partition coefficient (Wildman–Crippen LogP) is 3.82. The average molecular weight is 407 g/mol. The number of aliphatic imine (C=N–C) groups is 2. The van der Waals surface area contributed by atoms with Crippen molar-refractivity contribution < 1.29 is 9.53 Å². The summed E-state index contributed by atoms with van der Waals surface area (Å²) < 4.78 is 5.41. The number of benzene rings is 2. The van der Waals surface area contributed by atoms with Gasteiger partial charge >= 0.3 is 5.97 Å². The standard InChI is InChI=1S/C22H19ClN4O2/c1-2-29-22(28)16-18(14-9-5-3-6-10-14)26-21-17(24)20(23)25-13-27(21)19(16)15-11-7-4-8-12-15/h3-13,19H,2,24H2,1H3. The number of carbonyl (C=O) groups excluding carboxylic acids is 1. The van der Waals surface area contributed by atoms with E-state index in [9.17, 15) is 4.79 Å². The molecule has 1 atom stereocenters. The first-order valence-electron chi connectivity index (χ1n) is 9.20. The molecule has 146 valence electrons. The fraction of sp³-hybridized carbons (Fsp3) is 0.136. The lowest BCUT2D eigenvalue weighted by Crippen LogP contribution is -2.43. The number of fused-ring (bicyclic) bond motifs is 1. The molecule has 0 saturated heterocycles. The van der Waals surface area contributed by atoms with E-state index in [4.69, 9.17) is 27.1 Å². The van der Waals surface area contributed by atoms with Gasteiger partial charge in [0.1, 0.15) is 5.70 Å². The SMILES string of the molecule is CCOC(=O)C1=C(c2ccccc2)N=C2C(N)=C(Cl)N=CN2C1c1ccccc1. The minimum atomic E-state index is -0.509. The van der Waals surface area contributed by atoms with Gasteiger partial charge < -0.3 is 15.4 Å². The van der Waals surface area contributed by atoms with Gasteiger partial charge in [-0.3, -0.25) is 0 Å². The predicted molar refractivity (Wildman–Crippen MR) is 114 cm³/mol. The maximum absolute atomic E-state index is 13.1. The maximum atomic E-state index is 13.1. The van der Waals surface area contributed by atoms with Gasteiger partial charge in [0, 0.05) is 5.56 Å². The molecule has 2 aliphatic heterocycles. The molecule has 7 heteroatoms. The number of nitrogens with two attached hydrogens (primary N) is 1. The summed E-state index contributed by atoms with van der Waals surface area (Å²) in [5.41, 5.74) is 9.07. The third kappa shape index (κ3) is 3.43. The largest absolute Gasteiger partial charge is 0.463 e. The van der Waals surface area contributed by atoms with E-state index in [1.165, 1.54) is 0 Å². The van der Waals surface area contributed by atoms with Crippen LogP contribution >= 0.6 is 11.6 Å². The van der Waals surface area contributed by atoms with E-state index >= 15 is 0 Å². The molecule has 2 aliphatic rings. The normalized spacial score (nSPS) is 18.5. The summed E-state index contributed by atoms with van der Waals surface area (Å²) in [7, 11) is 0. The lowest BCUT2D eigenvalue weighted by atomic mass is 9.91. The number of halogens is 1. The van der Waals surface area contributed by atoms with E-state index < -0.39 is 12.0 Å². The summed E-state index contributed by atoms with van der Waals surface area (Å²) in [4.78, 5) is 23.8. The highest BCUT2D eigenvalue weighted by molar-refractivity contribution is 6.33. The Bertz CT molecular complexity index is 1060. The van der Waals surface area contributed by atoms with E-state index in [2.05, 4.69) is 4.99 Å². The second-order valence-corrected chi connectivity index (χ2v) is 6.81. The Hall–Kier alpha value is -3.38. The monoisotopic (exact) mass is 406 g/mol. The van der Waals surface area contributed by atoms with Crippen LogP contribution in [0, 0.1) is 0 Å². The first-order valence-corrected chi connectivity index (χ1v) is 9.58. The lowest BCUT2D eigenvalue weighted by Gasteiger charge is -2.37. The third-order valence-electron chi connectivity index (χ3n) is 4.69. The Morgan fingerprint density at radius 2 is 1.79 bits per heavy atom. The van der Waals surface area contributed by atoms with E-state index in [1.807, 2.05) is 60.7 Å². The molecule has 0 bridgehead atoms. The van der Waals surface area contributed by atoms with Crippen LogP contribution < -0.4 is 5.73 Å². The minimum Gasteiger partial charge on any atom is -0.463 e. The Balaban J connectivity index is 2.02. The Morgan fingerprint density at radius 3 is 2.45 bits per heavy atom. The van der Waals surface area contributed by atoms with Crippen molar-refractivity contribution in [1.29, 1.82) is 0 Å². The minimum absolute atomic E-state index is 0.166. The van der Waals surface area contributed by atoms with Gasteiger partial charge in [-0.05, 0) is 12.5 Å².